The van der Waals surface area contributed by atoms with Crippen LogP contribution in [0.2, 0.25) is 0 Å². The fourth-order valence-corrected chi connectivity index (χ4v) is 2.84. The van der Waals surface area contributed by atoms with Gasteiger partial charge >= 0.3 is 0 Å². The smallest absolute Gasteiger partial charge is 0.291 e. The second-order valence-corrected chi connectivity index (χ2v) is 6.30. The molecule has 0 aliphatic carbocycles. The monoisotopic (exact) mass is 353 g/mol. The number of ether oxygens (including phenoxy) is 1. The minimum absolute atomic E-state index is 0.123. The molecule has 8 heteroatoms. The lowest BCUT2D eigenvalue weighted by Gasteiger charge is -2.38. The van der Waals surface area contributed by atoms with Gasteiger partial charge < -0.3 is 14.1 Å². The average molecular weight is 353 g/mol. The van der Waals surface area contributed by atoms with E-state index in [0.29, 0.717) is 37.8 Å². The third kappa shape index (κ3) is 3.36. The van der Waals surface area contributed by atoms with Crippen molar-refractivity contribution in [2.45, 2.75) is 26.2 Å². The first-order valence-electron chi connectivity index (χ1n) is 8.42. The van der Waals surface area contributed by atoms with Crippen LogP contribution in [0.4, 0.5) is 0 Å². The molecule has 3 heterocycles. The van der Waals surface area contributed by atoms with Crippen molar-refractivity contribution in [3.05, 3.63) is 65.6 Å². The van der Waals surface area contributed by atoms with E-state index in [-0.39, 0.29) is 11.9 Å². The minimum atomic E-state index is -0.136. The van der Waals surface area contributed by atoms with Gasteiger partial charge in [-0.05, 0) is 12.5 Å². The summed E-state index contributed by atoms with van der Waals surface area (Å²) in [5.41, 5.74) is 2.50. The molecule has 0 radical (unpaired) electrons. The van der Waals surface area contributed by atoms with Gasteiger partial charge in [-0.3, -0.25) is 4.79 Å². The molecule has 8 nitrogen and oxygen atoms in total. The Bertz CT molecular complexity index is 883. The van der Waals surface area contributed by atoms with Crippen molar-refractivity contribution in [1.29, 1.82) is 0 Å². The van der Waals surface area contributed by atoms with Gasteiger partial charge in [0.2, 0.25) is 5.76 Å². The van der Waals surface area contributed by atoms with Gasteiger partial charge in [0, 0.05) is 13.1 Å². The lowest BCUT2D eigenvalue weighted by atomic mass is 10.1. The zero-order valence-electron chi connectivity index (χ0n) is 14.4. The summed E-state index contributed by atoms with van der Waals surface area (Å²) in [4.78, 5) is 18.0. The number of hydrogen-bond acceptors (Lipinski definition) is 6. The second kappa shape index (κ2) is 7.09. The van der Waals surface area contributed by atoms with Crippen molar-refractivity contribution in [1.82, 2.24) is 24.9 Å². The molecule has 134 valence electrons. The predicted octanol–water partition coefficient (Wildman–Crippen LogP) is 1.99. The summed E-state index contributed by atoms with van der Waals surface area (Å²) in [6.45, 7) is 3.85. The van der Waals surface area contributed by atoms with E-state index >= 15 is 0 Å². The zero-order valence-corrected chi connectivity index (χ0v) is 14.4. The van der Waals surface area contributed by atoms with E-state index in [1.165, 1.54) is 6.39 Å². The van der Waals surface area contributed by atoms with Gasteiger partial charge in [-0.25, -0.2) is 9.67 Å². The molecular formula is C18H19N5O3. The van der Waals surface area contributed by atoms with E-state index in [4.69, 9.17) is 9.15 Å². The highest BCUT2D eigenvalue weighted by Gasteiger charge is 2.35. The van der Waals surface area contributed by atoms with Gasteiger partial charge in [-0.1, -0.05) is 35.5 Å². The molecule has 4 rings (SSSR count). The highest BCUT2D eigenvalue weighted by molar-refractivity contribution is 5.92. The summed E-state index contributed by atoms with van der Waals surface area (Å²) >= 11 is 0. The van der Waals surface area contributed by atoms with Crippen molar-refractivity contribution < 1.29 is 13.9 Å². The lowest BCUT2D eigenvalue weighted by molar-refractivity contribution is 0.0465. The summed E-state index contributed by atoms with van der Waals surface area (Å²) in [6.07, 6.45) is 3.16. The molecule has 1 fully saturated rings. The van der Waals surface area contributed by atoms with Crippen LogP contribution in [0.15, 0.2) is 47.3 Å². The highest BCUT2D eigenvalue weighted by Crippen LogP contribution is 2.23. The molecule has 0 saturated carbocycles. The lowest BCUT2D eigenvalue weighted by Crippen LogP contribution is -2.51. The van der Waals surface area contributed by atoms with Crippen LogP contribution in [0, 0.1) is 6.92 Å². The average Bonchev–Trinajstić information content (AvgIpc) is 3.24. The Kier molecular flexibility index (Phi) is 4.49. The summed E-state index contributed by atoms with van der Waals surface area (Å²) in [7, 11) is 0. The van der Waals surface area contributed by atoms with E-state index < -0.39 is 0 Å². The molecule has 0 unspecified atom stereocenters. The first-order valence-corrected chi connectivity index (χ1v) is 8.42. The van der Waals surface area contributed by atoms with E-state index in [0.717, 1.165) is 11.3 Å². The Hall–Kier alpha value is -3.00. The Morgan fingerprint density at radius 1 is 1.27 bits per heavy atom. The molecule has 1 aliphatic rings. The number of benzene rings is 1. The van der Waals surface area contributed by atoms with Gasteiger partial charge in [0.1, 0.15) is 5.69 Å². The Balaban J connectivity index is 1.27. The maximum Gasteiger partial charge on any atom is 0.291 e. The second-order valence-electron chi connectivity index (χ2n) is 6.30. The number of oxazole rings is 1. The van der Waals surface area contributed by atoms with Crippen LogP contribution < -0.4 is 0 Å². The van der Waals surface area contributed by atoms with Crippen LogP contribution >= 0.6 is 0 Å². The predicted molar refractivity (Wildman–Crippen MR) is 91.1 cm³/mol. The number of amides is 1. The largest absolute Gasteiger partial charge is 0.438 e. The van der Waals surface area contributed by atoms with Crippen LogP contribution in [0.25, 0.3) is 0 Å². The van der Waals surface area contributed by atoms with Crippen LogP contribution in [-0.4, -0.2) is 43.9 Å². The summed E-state index contributed by atoms with van der Waals surface area (Å²) in [5, 5.41) is 8.29. The molecule has 0 N–H and O–H groups in total. The maximum atomic E-state index is 12.3. The Labute approximate surface area is 150 Å². The first kappa shape index (κ1) is 16.5. The molecule has 0 atom stereocenters. The quantitative estimate of drug-likeness (QED) is 0.674. The van der Waals surface area contributed by atoms with Crippen molar-refractivity contribution in [3.63, 3.8) is 0 Å². The molecule has 2 aromatic heterocycles. The van der Waals surface area contributed by atoms with Gasteiger partial charge in [0.05, 0.1) is 31.1 Å². The fraction of sp³-hybridized carbons (Fsp3) is 0.333. The van der Waals surface area contributed by atoms with Crippen molar-refractivity contribution in [2.24, 2.45) is 0 Å². The Morgan fingerprint density at radius 2 is 2.08 bits per heavy atom. The molecular weight excluding hydrogens is 334 g/mol. The number of carbonyl (C=O) groups excluding carboxylic acids is 1. The first-order chi connectivity index (χ1) is 12.7. The molecule has 0 bridgehead atoms. The maximum absolute atomic E-state index is 12.3. The number of aromatic nitrogens is 4. The van der Waals surface area contributed by atoms with Gasteiger partial charge in [-0.2, -0.15) is 0 Å². The molecule has 1 aromatic carbocycles. The zero-order chi connectivity index (χ0) is 17.9. The molecule has 26 heavy (non-hydrogen) atoms. The molecule has 3 aromatic rings. The van der Waals surface area contributed by atoms with Crippen molar-refractivity contribution in [2.75, 3.05) is 13.1 Å². The Morgan fingerprint density at radius 3 is 2.81 bits per heavy atom. The van der Waals surface area contributed by atoms with Crippen LogP contribution in [0.1, 0.15) is 33.5 Å². The number of hydrogen-bond donors (Lipinski definition) is 0. The van der Waals surface area contributed by atoms with Crippen molar-refractivity contribution >= 4 is 5.91 Å². The number of rotatable bonds is 6. The summed E-state index contributed by atoms with van der Waals surface area (Å²) < 4.78 is 12.6. The van der Waals surface area contributed by atoms with Gasteiger partial charge in [0.15, 0.2) is 6.39 Å². The fourth-order valence-electron chi connectivity index (χ4n) is 2.84. The van der Waals surface area contributed by atoms with Gasteiger partial charge in [0.25, 0.3) is 5.91 Å². The van der Waals surface area contributed by atoms with E-state index in [9.17, 15) is 4.79 Å². The topological polar surface area (TPSA) is 86.3 Å². The van der Waals surface area contributed by atoms with Crippen LogP contribution in [-0.2, 0) is 18.0 Å². The van der Waals surface area contributed by atoms with Crippen LogP contribution in [0.5, 0.6) is 0 Å². The van der Waals surface area contributed by atoms with E-state index in [1.807, 2.05) is 36.5 Å². The third-order valence-corrected chi connectivity index (χ3v) is 4.38. The number of likely N-dealkylation sites (tertiary alicyclic amines) is 1. The van der Waals surface area contributed by atoms with E-state index in [2.05, 4.69) is 15.3 Å². The molecule has 1 aliphatic heterocycles. The van der Waals surface area contributed by atoms with Crippen molar-refractivity contribution in [3.8, 4) is 0 Å². The van der Waals surface area contributed by atoms with Crippen LogP contribution in [0.3, 0.4) is 0 Å². The summed E-state index contributed by atoms with van der Waals surface area (Å²) in [6, 6.07) is 10.1. The number of nitrogens with zero attached hydrogens (tertiary/aromatic N) is 5. The molecule has 0 spiro atoms. The minimum Gasteiger partial charge on any atom is -0.438 e. The SMILES string of the molecule is Cc1ncoc1C(=O)N1CC(n2cc(COCc3ccccc3)nn2)C1. The standard InChI is InChI=1S/C18H19N5O3/c1-13-17(26-12-19-13)18(24)22-8-16(9-22)23-7-15(20-21-23)11-25-10-14-5-3-2-4-6-14/h2-7,12,16H,8-11H2,1H3. The van der Waals surface area contributed by atoms with E-state index in [1.54, 1.807) is 16.5 Å². The third-order valence-electron chi connectivity index (χ3n) is 4.38. The molecule has 1 saturated heterocycles. The number of aryl methyl sites for hydroxylation is 1. The normalized spacial score (nSPS) is 14.4. The van der Waals surface area contributed by atoms with Gasteiger partial charge in [-0.15, -0.1) is 5.10 Å². The summed E-state index contributed by atoms with van der Waals surface area (Å²) in [5.74, 6) is 0.167. The number of carbonyl (C=O) groups is 1. The highest BCUT2D eigenvalue weighted by atomic mass is 16.5. The molecule has 1 amide bonds.